The molecule has 202 valence electrons. The number of likely N-dealkylation sites (N-methyl/N-ethyl adjacent to an activating group) is 1. The van der Waals surface area contributed by atoms with E-state index in [1.807, 2.05) is 59.9 Å². The van der Waals surface area contributed by atoms with Crippen molar-refractivity contribution in [2.75, 3.05) is 22.8 Å². The SMILES string of the molecule is CCC[C@H]1CN(S(=O)(=O)c2cccc(C(F)(F)F)c2)c2cc(C3=CC(C)(C)OC(C)(C)C3)ccc2N1C. The highest BCUT2D eigenvalue weighted by molar-refractivity contribution is 7.92. The lowest BCUT2D eigenvalue weighted by Crippen LogP contribution is -2.49. The number of fused-ring (bicyclic) bond motifs is 1. The van der Waals surface area contributed by atoms with Crippen molar-refractivity contribution in [3.05, 3.63) is 59.7 Å². The zero-order chi connectivity index (χ0) is 27.4. The number of benzene rings is 2. The van der Waals surface area contributed by atoms with Crippen molar-refractivity contribution in [1.82, 2.24) is 0 Å². The van der Waals surface area contributed by atoms with Crippen LogP contribution in [0.15, 0.2) is 53.4 Å². The van der Waals surface area contributed by atoms with Crippen LogP contribution in [0.2, 0.25) is 0 Å². The van der Waals surface area contributed by atoms with Gasteiger partial charge in [-0.1, -0.05) is 25.5 Å². The highest BCUT2D eigenvalue weighted by Crippen LogP contribution is 2.44. The predicted molar refractivity (Wildman–Crippen MR) is 141 cm³/mol. The van der Waals surface area contributed by atoms with Gasteiger partial charge >= 0.3 is 6.18 Å². The van der Waals surface area contributed by atoms with E-state index in [4.69, 9.17) is 4.74 Å². The third kappa shape index (κ3) is 5.53. The molecule has 0 saturated heterocycles. The minimum atomic E-state index is -4.64. The molecule has 0 amide bonds. The van der Waals surface area contributed by atoms with Crippen LogP contribution in [-0.4, -0.2) is 39.3 Å². The summed E-state index contributed by atoms with van der Waals surface area (Å²) in [6, 6.07) is 9.62. The summed E-state index contributed by atoms with van der Waals surface area (Å²) in [7, 11) is -2.33. The summed E-state index contributed by atoms with van der Waals surface area (Å²) < 4.78 is 75.4. The van der Waals surface area contributed by atoms with Crippen LogP contribution in [0.1, 0.15) is 65.0 Å². The number of anilines is 2. The van der Waals surface area contributed by atoms with E-state index >= 15 is 0 Å². The van der Waals surface area contributed by atoms with Crippen molar-refractivity contribution >= 4 is 27.0 Å². The van der Waals surface area contributed by atoms with Gasteiger partial charge in [-0.3, -0.25) is 4.31 Å². The Morgan fingerprint density at radius 3 is 2.38 bits per heavy atom. The standard InChI is InChI=1S/C28H35F3N2O3S/c1-7-9-22-18-33(37(34,35)23-11-8-10-21(15-23)28(29,30)31)25-14-19(12-13-24(25)32(22)6)20-16-26(2,3)36-27(4,5)17-20/h8,10-16,22H,7,9,17-18H2,1-6H3/t22-/m0/s1. The molecule has 0 aliphatic carbocycles. The lowest BCUT2D eigenvalue weighted by atomic mass is 9.85. The summed E-state index contributed by atoms with van der Waals surface area (Å²) in [5.41, 5.74) is 1.21. The molecule has 5 nitrogen and oxygen atoms in total. The largest absolute Gasteiger partial charge is 0.416 e. The molecular weight excluding hydrogens is 501 g/mol. The fourth-order valence-corrected chi connectivity index (χ4v) is 7.08. The van der Waals surface area contributed by atoms with Gasteiger partial charge in [-0.2, -0.15) is 13.2 Å². The van der Waals surface area contributed by atoms with Gasteiger partial charge in [-0.05, 0) is 81.7 Å². The molecule has 0 N–H and O–H groups in total. The highest BCUT2D eigenvalue weighted by atomic mass is 32.2. The van der Waals surface area contributed by atoms with Crippen LogP contribution in [0, 0.1) is 0 Å². The maximum Gasteiger partial charge on any atom is 0.416 e. The predicted octanol–water partition coefficient (Wildman–Crippen LogP) is 6.88. The van der Waals surface area contributed by atoms with Crippen LogP contribution in [-0.2, 0) is 20.9 Å². The molecule has 37 heavy (non-hydrogen) atoms. The molecule has 1 atom stereocenters. The summed E-state index contributed by atoms with van der Waals surface area (Å²) >= 11 is 0. The molecule has 0 fully saturated rings. The summed E-state index contributed by atoms with van der Waals surface area (Å²) in [5.74, 6) is 0. The Morgan fingerprint density at radius 2 is 1.76 bits per heavy atom. The van der Waals surface area contributed by atoms with Gasteiger partial charge in [0, 0.05) is 19.5 Å². The quantitative estimate of drug-likeness (QED) is 0.418. The molecule has 4 rings (SSSR count). The number of hydrogen-bond acceptors (Lipinski definition) is 4. The molecule has 0 aromatic heterocycles. The van der Waals surface area contributed by atoms with E-state index in [9.17, 15) is 21.6 Å². The third-order valence-corrected chi connectivity index (χ3v) is 8.74. The number of nitrogens with zero attached hydrogens (tertiary/aromatic N) is 2. The topological polar surface area (TPSA) is 49.9 Å². The van der Waals surface area contributed by atoms with E-state index < -0.39 is 33.0 Å². The molecule has 2 aromatic rings. The second-order valence-corrected chi connectivity index (χ2v) is 13.0. The van der Waals surface area contributed by atoms with Gasteiger partial charge in [0.15, 0.2) is 0 Å². The Bertz CT molecular complexity index is 1320. The summed E-state index contributed by atoms with van der Waals surface area (Å²) in [5, 5.41) is 0. The molecule has 0 bridgehead atoms. The van der Waals surface area contributed by atoms with Crippen molar-refractivity contribution in [3.8, 4) is 0 Å². The van der Waals surface area contributed by atoms with Gasteiger partial charge in [0.1, 0.15) is 0 Å². The smallest absolute Gasteiger partial charge is 0.368 e. The Morgan fingerprint density at radius 1 is 1.05 bits per heavy atom. The number of hydrogen-bond donors (Lipinski definition) is 0. The molecule has 0 saturated carbocycles. The average Bonchev–Trinajstić information content (AvgIpc) is 2.78. The summed E-state index contributed by atoms with van der Waals surface area (Å²) in [6.45, 7) is 10.2. The second-order valence-electron chi connectivity index (χ2n) is 11.1. The van der Waals surface area contributed by atoms with E-state index in [1.165, 1.54) is 10.4 Å². The van der Waals surface area contributed by atoms with Gasteiger partial charge in [0.05, 0.1) is 39.6 Å². The van der Waals surface area contributed by atoms with Crippen molar-refractivity contribution < 1.29 is 26.3 Å². The van der Waals surface area contributed by atoms with Gasteiger partial charge in [0.25, 0.3) is 10.0 Å². The lowest BCUT2D eigenvalue weighted by molar-refractivity contribution is -0.137. The maximum atomic E-state index is 13.9. The van der Waals surface area contributed by atoms with E-state index in [-0.39, 0.29) is 17.5 Å². The molecular formula is C28H35F3N2O3S. The van der Waals surface area contributed by atoms with Crippen LogP contribution < -0.4 is 9.21 Å². The average molecular weight is 537 g/mol. The normalized spacial score (nSPS) is 21.4. The van der Waals surface area contributed by atoms with Gasteiger partial charge in [-0.15, -0.1) is 0 Å². The fourth-order valence-electron chi connectivity index (χ4n) is 5.53. The molecule has 0 spiro atoms. The summed E-state index contributed by atoms with van der Waals surface area (Å²) in [4.78, 5) is 1.71. The Hall–Kier alpha value is -2.52. The molecule has 2 aliphatic rings. The minimum absolute atomic E-state index is 0.107. The van der Waals surface area contributed by atoms with Crippen molar-refractivity contribution in [1.29, 1.82) is 0 Å². The van der Waals surface area contributed by atoms with Crippen molar-refractivity contribution in [2.24, 2.45) is 0 Å². The molecule has 0 radical (unpaired) electrons. The number of halogens is 3. The molecule has 2 aliphatic heterocycles. The Balaban J connectivity index is 1.86. The zero-order valence-electron chi connectivity index (χ0n) is 22.2. The van der Waals surface area contributed by atoms with Gasteiger partial charge in [0.2, 0.25) is 0 Å². The van der Waals surface area contributed by atoms with E-state index in [0.717, 1.165) is 47.9 Å². The number of sulfonamides is 1. The monoisotopic (exact) mass is 536 g/mol. The van der Waals surface area contributed by atoms with Gasteiger partial charge in [-0.25, -0.2) is 8.42 Å². The number of ether oxygens (including phenoxy) is 1. The number of rotatable bonds is 5. The van der Waals surface area contributed by atoms with E-state index in [0.29, 0.717) is 12.1 Å². The first-order chi connectivity index (χ1) is 17.0. The first-order valence-corrected chi connectivity index (χ1v) is 14.0. The first kappa shape index (κ1) is 27.5. The molecule has 2 heterocycles. The Kier molecular flexibility index (Phi) is 6.95. The van der Waals surface area contributed by atoms with Crippen LogP contribution >= 0.6 is 0 Å². The van der Waals surface area contributed by atoms with Crippen LogP contribution in [0.5, 0.6) is 0 Å². The third-order valence-electron chi connectivity index (χ3n) is 6.97. The fraction of sp³-hybridized carbons (Fsp3) is 0.500. The lowest BCUT2D eigenvalue weighted by Gasteiger charge is -2.43. The molecule has 9 heteroatoms. The van der Waals surface area contributed by atoms with E-state index in [1.54, 1.807) is 0 Å². The van der Waals surface area contributed by atoms with Gasteiger partial charge < -0.3 is 9.64 Å². The van der Waals surface area contributed by atoms with Crippen molar-refractivity contribution in [3.63, 3.8) is 0 Å². The van der Waals surface area contributed by atoms with Crippen LogP contribution in [0.3, 0.4) is 0 Å². The van der Waals surface area contributed by atoms with Crippen molar-refractivity contribution in [2.45, 2.75) is 82.2 Å². The second kappa shape index (κ2) is 9.34. The number of alkyl halides is 3. The summed E-state index contributed by atoms with van der Waals surface area (Å²) in [6.07, 6.45) is -0.353. The Labute approximate surface area is 218 Å². The minimum Gasteiger partial charge on any atom is -0.368 e. The maximum absolute atomic E-state index is 13.9. The van der Waals surface area contributed by atoms with E-state index in [2.05, 4.69) is 11.0 Å². The highest BCUT2D eigenvalue weighted by Gasteiger charge is 2.39. The zero-order valence-corrected chi connectivity index (χ0v) is 23.0. The van der Waals surface area contributed by atoms with Crippen LogP contribution in [0.4, 0.5) is 24.5 Å². The molecule has 0 unspecified atom stereocenters. The first-order valence-electron chi connectivity index (χ1n) is 12.5. The molecule has 2 aromatic carbocycles. The van der Waals surface area contributed by atoms with Crippen LogP contribution in [0.25, 0.3) is 5.57 Å².